The van der Waals surface area contributed by atoms with E-state index in [0.29, 0.717) is 23.7 Å². The van der Waals surface area contributed by atoms with Crippen molar-refractivity contribution in [2.24, 2.45) is 0 Å². The van der Waals surface area contributed by atoms with Gasteiger partial charge in [-0.3, -0.25) is 9.69 Å². The number of fused-ring (bicyclic) bond motifs is 3. The molecule has 0 aromatic heterocycles. The normalized spacial score (nSPS) is 26.0. The predicted octanol–water partition coefficient (Wildman–Crippen LogP) is 3.51. The number of carbonyl (C=O) groups is 2. The van der Waals surface area contributed by atoms with Gasteiger partial charge in [0.15, 0.2) is 29.8 Å². The molecule has 1 aromatic rings. The summed E-state index contributed by atoms with van der Waals surface area (Å²) in [6, 6.07) is 3.82. The molecular weight excluding hydrogens is 575 g/mol. The largest absolute Gasteiger partial charge is 0.497 e. The molecule has 43 heavy (non-hydrogen) atoms. The molecule has 0 radical (unpaired) electrons. The van der Waals surface area contributed by atoms with Crippen molar-refractivity contribution in [3.8, 4) is 11.5 Å². The molecule has 1 fully saturated rings. The van der Waals surface area contributed by atoms with E-state index in [1.54, 1.807) is 0 Å². The van der Waals surface area contributed by atoms with Crippen LogP contribution in [0.4, 0.5) is 13.2 Å². The van der Waals surface area contributed by atoms with Crippen LogP contribution in [0.5, 0.6) is 11.5 Å². The average Bonchev–Trinajstić information content (AvgIpc) is 3.60. The molecule has 5 rings (SSSR count). The standard InChI is InChI=1S/C30H38F3NO9/c1-27(2,37)7-4-9-29(38,15-23(35)40-16-30(31,32)33)26(36)43-25-22(39-3)14-28-8-5-10-34(28)11-6-18-12-20-21(42-17-41-20)13-19(18)24(25)28/h12-14,24-25,37-38H,4-11,15-17H2,1-3H3/t24-,25?,28?,29-/m1/s1. The van der Waals surface area contributed by atoms with Gasteiger partial charge in [-0.15, -0.1) is 0 Å². The van der Waals surface area contributed by atoms with E-state index in [-0.39, 0.29) is 26.1 Å². The van der Waals surface area contributed by atoms with Crippen molar-refractivity contribution in [1.29, 1.82) is 0 Å². The van der Waals surface area contributed by atoms with Crippen LogP contribution in [-0.4, -0.2) is 89.7 Å². The summed E-state index contributed by atoms with van der Waals surface area (Å²) in [6.07, 6.45) is -2.64. The van der Waals surface area contributed by atoms with Crippen molar-refractivity contribution >= 4 is 11.9 Å². The van der Waals surface area contributed by atoms with Gasteiger partial charge in [0.2, 0.25) is 6.79 Å². The first-order valence-electron chi connectivity index (χ1n) is 14.5. The molecule has 3 heterocycles. The molecular formula is C30H38F3NO9. The monoisotopic (exact) mass is 613 g/mol. The van der Waals surface area contributed by atoms with Crippen LogP contribution in [0.3, 0.4) is 0 Å². The highest BCUT2D eigenvalue weighted by molar-refractivity contribution is 5.86. The highest BCUT2D eigenvalue weighted by atomic mass is 19.4. The van der Waals surface area contributed by atoms with Crippen LogP contribution in [0.15, 0.2) is 24.0 Å². The summed E-state index contributed by atoms with van der Waals surface area (Å²) in [6.45, 7) is 2.87. The summed E-state index contributed by atoms with van der Waals surface area (Å²) in [5.74, 6) is -1.49. The molecule has 0 saturated carbocycles. The van der Waals surface area contributed by atoms with E-state index in [4.69, 9.17) is 18.9 Å². The van der Waals surface area contributed by atoms with E-state index in [1.165, 1.54) is 21.0 Å². The maximum Gasteiger partial charge on any atom is 0.422 e. The third-order valence-electron chi connectivity index (χ3n) is 8.79. The molecule has 4 aliphatic rings. The maximum atomic E-state index is 13.8. The van der Waals surface area contributed by atoms with Crippen LogP contribution in [0.1, 0.15) is 69.4 Å². The zero-order chi connectivity index (χ0) is 31.2. The third kappa shape index (κ3) is 6.44. The molecule has 13 heteroatoms. The number of ether oxygens (including phenoxy) is 5. The summed E-state index contributed by atoms with van der Waals surface area (Å²) in [5.41, 5.74) is -2.34. The number of carbonyl (C=O) groups excluding carboxylic acids is 2. The number of alkyl halides is 3. The van der Waals surface area contributed by atoms with Gasteiger partial charge in [0, 0.05) is 6.54 Å². The van der Waals surface area contributed by atoms with Crippen molar-refractivity contribution in [1.82, 2.24) is 4.90 Å². The van der Waals surface area contributed by atoms with Gasteiger partial charge in [0.05, 0.1) is 30.6 Å². The third-order valence-corrected chi connectivity index (χ3v) is 8.79. The van der Waals surface area contributed by atoms with Gasteiger partial charge in [-0.25, -0.2) is 4.79 Å². The molecule has 2 N–H and O–H groups in total. The fraction of sp³-hybridized carbons (Fsp3) is 0.667. The lowest BCUT2D eigenvalue weighted by Crippen LogP contribution is -2.49. The first-order chi connectivity index (χ1) is 20.1. The Balaban J connectivity index is 1.47. The van der Waals surface area contributed by atoms with Crippen LogP contribution < -0.4 is 9.47 Å². The molecule has 3 aliphatic heterocycles. The van der Waals surface area contributed by atoms with Gasteiger partial charge < -0.3 is 33.9 Å². The second kappa shape index (κ2) is 11.5. The number of hydrogen-bond acceptors (Lipinski definition) is 10. The van der Waals surface area contributed by atoms with E-state index in [0.717, 1.165) is 37.1 Å². The molecule has 0 bridgehead atoms. The van der Waals surface area contributed by atoms with Crippen LogP contribution in [0.2, 0.25) is 0 Å². The number of hydrogen-bond donors (Lipinski definition) is 2. The summed E-state index contributed by atoms with van der Waals surface area (Å²) in [5, 5.41) is 21.7. The second-order valence-corrected chi connectivity index (χ2v) is 12.4. The fourth-order valence-corrected chi connectivity index (χ4v) is 6.85. The van der Waals surface area contributed by atoms with Crippen LogP contribution in [0, 0.1) is 0 Å². The number of rotatable bonds is 10. The Morgan fingerprint density at radius 3 is 2.51 bits per heavy atom. The topological polar surface area (TPSA) is 124 Å². The first-order valence-corrected chi connectivity index (χ1v) is 14.5. The zero-order valence-electron chi connectivity index (χ0n) is 24.5. The lowest BCUT2D eigenvalue weighted by atomic mass is 9.77. The van der Waals surface area contributed by atoms with E-state index < -0.39 is 59.9 Å². The fourth-order valence-electron chi connectivity index (χ4n) is 6.85. The van der Waals surface area contributed by atoms with Gasteiger partial charge in [-0.1, -0.05) is 0 Å². The Kier molecular flexibility index (Phi) is 8.38. The Bertz CT molecular complexity index is 1280. The first kappa shape index (κ1) is 31.4. The second-order valence-electron chi connectivity index (χ2n) is 12.4. The minimum absolute atomic E-state index is 0.0761. The van der Waals surface area contributed by atoms with Crippen molar-refractivity contribution in [3.63, 3.8) is 0 Å². The van der Waals surface area contributed by atoms with E-state index in [1.807, 2.05) is 18.2 Å². The van der Waals surface area contributed by atoms with Crippen molar-refractivity contribution in [2.45, 2.75) is 93.7 Å². The van der Waals surface area contributed by atoms with Crippen LogP contribution in [0.25, 0.3) is 0 Å². The molecule has 10 nitrogen and oxygen atoms in total. The number of esters is 2. The van der Waals surface area contributed by atoms with Crippen molar-refractivity contribution < 1.29 is 56.7 Å². The van der Waals surface area contributed by atoms with E-state index in [9.17, 15) is 33.0 Å². The number of nitrogens with zero attached hydrogens (tertiary/aromatic N) is 1. The molecule has 1 aliphatic carbocycles. The number of benzene rings is 1. The minimum Gasteiger partial charge on any atom is -0.497 e. The highest BCUT2D eigenvalue weighted by Crippen LogP contribution is 2.55. The van der Waals surface area contributed by atoms with Gasteiger partial charge in [-0.2, -0.15) is 13.2 Å². The predicted molar refractivity (Wildman–Crippen MR) is 144 cm³/mol. The van der Waals surface area contributed by atoms with Crippen LogP contribution >= 0.6 is 0 Å². The van der Waals surface area contributed by atoms with Crippen LogP contribution in [-0.2, 0) is 30.2 Å². The highest BCUT2D eigenvalue weighted by Gasteiger charge is 2.59. The molecule has 238 valence electrons. The molecule has 1 saturated heterocycles. The SMILES string of the molecule is COC1=CC23CCCN2CCc2cc4c(cc2[C@@H]3C1OC(=O)[C@@](O)(CCCC(C)(C)O)CC(=O)OCC(F)(F)F)OCO4. The Morgan fingerprint density at radius 2 is 1.84 bits per heavy atom. The van der Waals surface area contributed by atoms with Gasteiger partial charge in [0.25, 0.3) is 0 Å². The lowest BCUT2D eigenvalue weighted by Gasteiger charge is -2.39. The number of methoxy groups -OCH3 is 1. The number of halogens is 3. The van der Waals surface area contributed by atoms with E-state index in [2.05, 4.69) is 9.64 Å². The zero-order valence-corrected chi connectivity index (χ0v) is 24.5. The molecule has 1 spiro atoms. The van der Waals surface area contributed by atoms with Crippen molar-refractivity contribution in [3.05, 3.63) is 35.1 Å². The summed E-state index contributed by atoms with van der Waals surface area (Å²) >= 11 is 0. The summed E-state index contributed by atoms with van der Waals surface area (Å²) < 4.78 is 65.4. The van der Waals surface area contributed by atoms with Gasteiger partial charge in [-0.05, 0) is 88.3 Å². The van der Waals surface area contributed by atoms with Gasteiger partial charge in [0.1, 0.15) is 5.76 Å². The average molecular weight is 614 g/mol. The minimum atomic E-state index is -4.78. The maximum absolute atomic E-state index is 13.8. The number of aliphatic hydroxyl groups is 2. The molecule has 0 amide bonds. The lowest BCUT2D eigenvalue weighted by molar-refractivity contribution is -0.193. The summed E-state index contributed by atoms with van der Waals surface area (Å²) in [4.78, 5) is 28.6. The Morgan fingerprint density at radius 1 is 1.12 bits per heavy atom. The quantitative estimate of drug-likeness (QED) is 0.379. The Hall–Kier alpha value is -3.03. The van der Waals surface area contributed by atoms with Crippen molar-refractivity contribution in [2.75, 3.05) is 33.6 Å². The molecule has 2 unspecified atom stereocenters. The summed E-state index contributed by atoms with van der Waals surface area (Å²) in [7, 11) is 1.46. The smallest absolute Gasteiger partial charge is 0.422 e. The molecule has 1 aromatic carbocycles. The van der Waals surface area contributed by atoms with E-state index >= 15 is 0 Å². The molecule has 4 atom stereocenters. The Labute approximate surface area is 247 Å². The van der Waals surface area contributed by atoms with Gasteiger partial charge >= 0.3 is 18.1 Å².